The maximum absolute atomic E-state index is 12.2. The van der Waals surface area contributed by atoms with Gasteiger partial charge in [0.05, 0.1) is 5.69 Å². The lowest BCUT2D eigenvalue weighted by Crippen LogP contribution is -2.42. The molecule has 1 aliphatic rings. The summed E-state index contributed by atoms with van der Waals surface area (Å²) in [6.45, 7) is 2.12. The highest BCUT2D eigenvalue weighted by molar-refractivity contribution is 7.99. The van der Waals surface area contributed by atoms with Crippen LogP contribution in [0.5, 0.6) is 0 Å². The van der Waals surface area contributed by atoms with E-state index in [1.54, 1.807) is 11.8 Å². The molecule has 1 aromatic carbocycles. The van der Waals surface area contributed by atoms with Crippen LogP contribution in [0.2, 0.25) is 0 Å². The molecule has 0 spiro atoms. The molecule has 3 rings (SSSR count). The van der Waals surface area contributed by atoms with Gasteiger partial charge in [0, 0.05) is 16.7 Å². The van der Waals surface area contributed by atoms with Crippen LogP contribution < -0.4 is 5.32 Å². The van der Waals surface area contributed by atoms with Crippen LogP contribution in [-0.2, 0) is 11.2 Å². The van der Waals surface area contributed by atoms with Crippen molar-refractivity contribution >= 4 is 34.1 Å². The molecule has 1 saturated heterocycles. The number of aryl methyl sites for hydroxylation is 1. The van der Waals surface area contributed by atoms with E-state index in [4.69, 9.17) is 0 Å². The first kappa shape index (κ1) is 15.5. The number of carbonyl (C=O) groups is 1. The van der Waals surface area contributed by atoms with Crippen LogP contribution in [0.25, 0.3) is 11.3 Å². The first-order valence-electron chi connectivity index (χ1n) is 7.27. The molecular formula is C16H18N2O2S2. The lowest BCUT2D eigenvalue weighted by atomic mass is 10.0. The lowest BCUT2D eigenvalue weighted by molar-refractivity contribution is -0.131. The molecule has 1 fully saturated rings. The van der Waals surface area contributed by atoms with Gasteiger partial charge < -0.3 is 5.11 Å². The number of aliphatic hydroxyl groups is 1. The monoisotopic (exact) mass is 334 g/mol. The van der Waals surface area contributed by atoms with Crippen LogP contribution in [0.15, 0.2) is 29.6 Å². The molecule has 2 aromatic rings. The van der Waals surface area contributed by atoms with Crippen LogP contribution in [0.3, 0.4) is 0 Å². The van der Waals surface area contributed by atoms with Crippen molar-refractivity contribution in [3.63, 3.8) is 0 Å². The van der Waals surface area contributed by atoms with Crippen LogP contribution in [0, 0.1) is 0 Å². The molecule has 1 amide bonds. The van der Waals surface area contributed by atoms with E-state index in [0.29, 0.717) is 17.3 Å². The number of benzene rings is 1. The average Bonchev–Trinajstić information content (AvgIpc) is 3.17. The van der Waals surface area contributed by atoms with Crippen molar-refractivity contribution in [1.82, 2.24) is 4.98 Å². The minimum absolute atomic E-state index is 0.347. The van der Waals surface area contributed by atoms with E-state index in [2.05, 4.69) is 29.4 Å². The highest BCUT2D eigenvalue weighted by Crippen LogP contribution is 2.30. The number of amides is 1. The SMILES string of the molecule is CCc1ccc(-c2csc(NC(=O)C3(O)CCSC3)n2)cc1. The molecule has 22 heavy (non-hydrogen) atoms. The quantitative estimate of drug-likeness (QED) is 0.901. The van der Waals surface area contributed by atoms with Gasteiger partial charge in [-0.3, -0.25) is 10.1 Å². The Kier molecular flexibility index (Phi) is 4.52. The van der Waals surface area contributed by atoms with Crippen LogP contribution in [-0.4, -0.2) is 33.1 Å². The van der Waals surface area contributed by atoms with Crippen molar-refractivity contribution in [3.8, 4) is 11.3 Å². The fourth-order valence-electron chi connectivity index (χ4n) is 2.32. The molecule has 6 heteroatoms. The topological polar surface area (TPSA) is 62.2 Å². The molecule has 1 aliphatic heterocycles. The summed E-state index contributed by atoms with van der Waals surface area (Å²) in [5, 5.41) is 15.4. The highest BCUT2D eigenvalue weighted by atomic mass is 32.2. The van der Waals surface area contributed by atoms with E-state index in [9.17, 15) is 9.90 Å². The van der Waals surface area contributed by atoms with Crippen molar-refractivity contribution in [2.75, 3.05) is 16.8 Å². The van der Waals surface area contributed by atoms with Crippen LogP contribution in [0.4, 0.5) is 5.13 Å². The minimum Gasteiger partial charge on any atom is -0.379 e. The number of rotatable bonds is 4. The zero-order valence-electron chi connectivity index (χ0n) is 12.3. The van der Waals surface area contributed by atoms with Gasteiger partial charge in [-0.05, 0) is 24.2 Å². The molecule has 2 N–H and O–H groups in total. The third-order valence-electron chi connectivity index (χ3n) is 3.81. The fraction of sp³-hybridized carbons (Fsp3) is 0.375. The number of carbonyl (C=O) groups excluding carboxylic acids is 1. The second-order valence-electron chi connectivity index (χ2n) is 5.38. The molecule has 1 unspecified atom stereocenters. The van der Waals surface area contributed by atoms with E-state index >= 15 is 0 Å². The molecule has 0 radical (unpaired) electrons. The molecule has 0 saturated carbocycles. The zero-order chi connectivity index (χ0) is 15.6. The maximum Gasteiger partial charge on any atom is 0.259 e. The van der Waals surface area contributed by atoms with E-state index in [0.717, 1.165) is 23.4 Å². The average molecular weight is 334 g/mol. The summed E-state index contributed by atoms with van der Waals surface area (Å²) in [5.41, 5.74) is 1.91. The van der Waals surface area contributed by atoms with Gasteiger partial charge in [-0.2, -0.15) is 11.8 Å². The van der Waals surface area contributed by atoms with E-state index in [-0.39, 0.29) is 5.91 Å². The second-order valence-corrected chi connectivity index (χ2v) is 7.34. The number of hydrogen-bond donors (Lipinski definition) is 2. The predicted molar refractivity (Wildman–Crippen MR) is 92.4 cm³/mol. The number of nitrogens with zero attached hydrogens (tertiary/aromatic N) is 1. The van der Waals surface area contributed by atoms with E-state index in [1.807, 2.05) is 17.5 Å². The molecule has 1 aromatic heterocycles. The lowest BCUT2D eigenvalue weighted by Gasteiger charge is -2.18. The number of anilines is 1. The Morgan fingerprint density at radius 1 is 1.41 bits per heavy atom. The zero-order valence-corrected chi connectivity index (χ0v) is 14.0. The number of thioether (sulfide) groups is 1. The number of aromatic nitrogens is 1. The third-order valence-corrected chi connectivity index (χ3v) is 5.74. The summed E-state index contributed by atoms with van der Waals surface area (Å²) >= 11 is 2.98. The number of hydrogen-bond acceptors (Lipinski definition) is 5. The molecule has 2 heterocycles. The van der Waals surface area contributed by atoms with E-state index in [1.165, 1.54) is 16.9 Å². The molecular weight excluding hydrogens is 316 g/mol. The number of thiazole rings is 1. The Hall–Kier alpha value is -1.37. The Morgan fingerprint density at radius 2 is 2.18 bits per heavy atom. The fourth-order valence-corrected chi connectivity index (χ4v) is 4.28. The van der Waals surface area contributed by atoms with Gasteiger partial charge >= 0.3 is 0 Å². The Bertz CT molecular complexity index is 661. The van der Waals surface area contributed by atoms with Gasteiger partial charge in [0.2, 0.25) is 0 Å². The molecule has 0 aliphatic carbocycles. The van der Waals surface area contributed by atoms with Crippen LogP contribution in [0.1, 0.15) is 18.9 Å². The van der Waals surface area contributed by atoms with Gasteiger partial charge in [-0.15, -0.1) is 11.3 Å². The maximum atomic E-state index is 12.2. The van der Waals surface area contributed by atoms with Crippen molar-refractivity contribution in [2.24, 2.45) is 0 Å². The summed E-state index contributed by atoms with van der Waals surface area (Å²) in [4.78, 5) is 16.6. The minimum atomic E-state index is -1.25. The van der Waals surface area contributed by atoms with Crippen molar-refractivity contribution < 1.29 is 9.90 Å². The summed E-state index contributed by atoms with van der Waals surface area (Å²) in [6, 6.07) is 8.26. The predicted octanol–water partition coefficient (Wildman–Crippen LogP) is 3.18. The molecule has 4 nitrogen and oxygen atoms in total. The van der Waals surface area contributed by atoms with Crippen molar-refractivity contribution in [3.05, 3.63) is 35.2 Å². The summed E-state index contributed by atoms with van der Waals surface area (Å²) in [6.07, 6.45) is 1.51. The first-order chi connectivity index (χ1) is 10.6. The normalized spacial score (nSPS) is 21.0. The van der Waals surface area contributed by atoms with Gasteiger partial charge in [0.25, 0.3) is 5.91 Å². The summed E-state index contributed by atoms with van der Waals surface area (Å²) in [5.74, 6) is 0.923. The second kappa shape index (κ2) is 6.40. The Morgan fingerprint density at radius 3 is 2.82 bits per heavy atom. The first-order valence-corrected chi connectivity index (χ1v) is 9.30. The third kappa shape index (κ3) is 3.19. The Balaban J connectivity index is 1.71. The smallest absolute Gasteiger partial charge is 0.259 e. The van der Waals surface area contributed by atoms with Gasteiger partial charge in [0.1, 0.15) is 0 Å². The van der Waals surface area contributed by atoms with Gasteiger partial charge in [0.15, 0.2) is 10.7 Å². The Labute approximate surface area is 138 Å². The molecule has 1 atom stereocenters. The highest BCUT2D eigenvalue weighted by Gasteiger charge is 2.39. The summed E-state index contributed by atoms with van der Waals surface area (Å²) < 4.78 is 0. The summed E-state index contributed by atoms with van der Waals surface area (Å²) in [7, 11) is 0. The molecule has 0 bridgehead atoms. The number of nitrogens with one attached hydrogen (secondary N) is 1. The van der Waals surface area contributed by atoms with Gasteiger partial charge in [-0.1, -0.05) is 31.2 Å². The standard InChI is InChI=1S/C16H18N2O2S2/c1-2-11-3-5-12(6-4-11)13-9-22-15(17-13)18-14(19)16(20)7-8-21-10-16/h3-6,9,20H,2,7-8,10H2,1H3,(H,17,18,19). The van der Waals surface area contributed by atoms with Gasteiger partial charge in [-0.25, -0.2) is 4.98 Å². The van der Waals surface area contributed by atoms with E-state index < -0.39 is 5.60 Å². The largest absolute Gasteiger partial charge is 0.379 e. The van der Waals surface area contributed by atoms with Crippen molar-refractivity contribution in [1.29, 1.82) is 0 Å². The van der Waals surface area contributed by atoms with Crippen molar-refractivity contribution in [2.45, 2.75) is 25.4 Å². The molecule has 116 valence electrons. The van der Waals surface area contributed by atoms with Crippen LogP contribution >= 0.6 is 23.1 Å².